The van der Waals surface area contributed by atoms with Crippen molar-refractivity contribution in [3.63, 3.8) is 0 Å². The van der Waals surface area contributed by atoms with Crippen molar-refractivity contribution in [3.8, 4) is 0 Å². The summed E-state index contributed by atoms with van der Waals surface area (Å²) in [6.45, 7) is 0. The Kier molecular flexibility index (Phi) is 16.9. The molecular weight excluding hydrogens is 472 g/mol. The Morgan fingerprint density at radius 1 is 0.613 bits per heavy atom. The largest absolute Gasteiger partial charge is 2.00 e. The molecule has 3 nitrogen and oxygen atoms in total. The molecule has 0 aliphatic rings. The Morgan fingerprint density at radius 3 is 1.26 bits per heavy atom. The van der Waals surface area contributed by atoms with E-state index in [9.17, 15) is 9.59 Å². The van der Waals surface area contributed by atoms with Gasteiger partial charge in [-0.05, 0) is 0 Å². The summed E-state index contributed by atoms with van der Waals surface area (Å²) in [5.41, 5.74) is 2.17. The van der Waals surface area contributed by atoms with Crippen LogP contribution in [0, 0.1) is 0 Å². The van der Waals surface area contributed by atoms with Crippen LogP contribution in [0.1, 0.15) is 24.0 Å². The summed E-state index contributed by atoms with van der Waals surface area (Å²) >= 11 is 0. The van der Waals surface area contributed by atoms with E-state index in [4.69, 9.17) is 4.74 Å². The van der Waals surface area contributed by atoms with Crippen molar-refractivity contribution >= 4 is 11.9 Å². The Morgan fingerprint density at radius 2 is 1.00 bits per heavy atom. The van der Waals surface area contributed by atoms with Gasteiger partial charge in [-0.25, -0.2) is 36.4 Å². The molecule has 0 N–H and O–H groups in total. The molecule has 0 bridgehead atoms. The molecule has 0 radical (unpaired) electrons. The molecular formula is C26H26Fe2O3. The minimum Gasteiger partial charge on any atom is -0.393 e. The number of ether oxygens (including phenoxy) is 1. The summed E-state index contributed by atoms with van der Waals surface area (Å²) in [5, 5.41) is 0. The maximum Gasteiger partial charge on any atom is 2.00 e. The minimum atomic E-state index is -0.450. The van der Waals surface area contributed by atoms with Crippen LogP contribution in [-0.2, 0) is 61.3 Å². The minimum absolute atomic E-state index is 0. The van der Waals surface area contributed by atoms with Crippen LogP contribution in [0.25, 0.3) is 0 Å². The number of esters is 2. The van der Waals surface area contributed by atoms with Crippen molar-refractivity contribution in [2.45, 2.75) is 25.7 Å². The third kappa shape index (κ3) is 14.3. The van der Waals surface area contributed by atoms with Crippen LogP contribution in [0.15, 0.2) is 109 Å². The molecule has 4 aromatic carbocycles. The SMILES string of the molecule is O=C(CCc1cc[cH-]c1)OC(=O)CCc1cc[cH-]c1.[Fe+2].[Fe+2].c1cc[cH-]c1.c1cc[cH-]c1. The second-order valence-corrected chi connectivity index (χ2v) is 6.36. The van der Waals surface area contributed by atoms with Gasteiger partial charge >= 0.3 is 46.1 Å². The van der Waals surface area contributed by atoms with Crippen molar-refractivity contribution in [3.05, 3.63) is 120 Å². The van der Waals surface area contributed by atoms with Crippen LogP contribution in [0.4, 0.5) is 0 Å². The molecule has 0 aliphatic heterocycles. The average Bonchev–Trinajstić information content (AvgIpc) is 3.56. The maximum absolute atomic E-state index is 11.5. The van der Waals surface area contributed by atoms with Crippen LogP contribution in [0.3, 0.4) is 0 Å². The van der Waals surface area contributed by atoms with E-state index in [2.05, 4.69) is 0 Å². The van der Waals surface area contributed by atoms with Gasteiger partial charge in [-0.3, -0.25) is 9.59 Å². The van der Waals surface area contributed by atoms with Gasteiger partial charge < -0.3 is 4.74 Å². The van der Waals surface area contributed by atoms with E-state index in [1.54, 1.807) is 0 Å². The first kappa shape index (κ1) is 28.6. The summed E-state index contributed by atoms with van der Waals surface area (Å²) in [6.07, 6.45) is 1.71. The molecule has 4 aromatic rings. The van der Waals surface area contributed by atoms with Gasteiger partial charge in [0.05, 0.1) is 0 Å². The fourth-order valence-electron chi connectivity index (χ4n) is 2.52. The normalized spacial score (nSPS) is 8.90. The summed E-state index contributed by atoms with van der Waals surface area (Å²) in [6, 6.07) is 35.5. The van der Waals surface area contributed by atoms with Gasteiger partial charge in [0.1, 0.15) is 0 Å². The molecule has 0 aromatic heterocycles. The van der Waals surface area contributed by atoms with Gasteiger partial charge in [-0.2, -0.15) is 83.9 Å². The van der Waals surface area contributed by atoms with E-state index in [0.29, 0.717) is 12.8 Å². The fourth-order valence-corrected chi connectivity index (χ4v) is 2.52. The van der Waals surface area contributed by atoms with Gasteiger partial charge in [0, 0.05) is 12.8 Å². The van der Waals surface area contributed by atoms with Crippen molar-refractivity contribution in [1.29, 1.82) is 0 Å². The number of carbonyl (C=O) groups is 2. The number of carbonyl (C=O) groups excluding carboxylic acids is 2. The van der Waals surface area contributed by atoms with Crippen molar-refractivity contribution in [2.24, 2.45) is 0 Å². The zero-order valence-corrected chi connectivity index (χ0v) is 19.4. The van der Waals surface area contributed by atoms with E-state index in [-0.39, 0.29) is 47.0 Å². The second kappa shape index (κ2) is 18.4. The predicted molar refractivity (Wildman–Crippen MR) is 116 cm³/mol. The zero-order chi connectivity index (χ0) is 20.6. The van der Waals surface area contributed by atoms with Gasteiger partial charge in [0.2, 0.25) is 0 Å². The molecule has 0 heterocycles. The number of hydrogen-bond donors (Lipinski definition) is 0. The summed E-state index contributed by atoms with van der Waals surface area (Å²) in [5.74, 6) is -0.901. The average molecular weight is 498 g/mol. The van der Waals surface area contributed by atoms with E-state index >= 15 is 0 Å². The summed E-state index contributed by atoms with van der Waals surface area (Å²) in [7, 11) is 0. The Bertz CT molecular complexity index is 751. The Labute approximate surface area is 205 Å². The molecule has 4 rings (SSSR count). The molecule has 0 amide bonds. The molecule has 164 valence electrons. The number of hydrogen-bond acceptors (Lipinski definition) is 3. The molecule has 0 unspecified atom stereocenters. The molecule has 31 heavy (non-hydrogen) atoms. The number of rotatable bonds is 6. The summed E-state index contributed by atoms with van der Waals surface area (Å²) < 4.78 is 4.77. The van der Waals surface area contributed by atoms with Crippen LogP contribution in [-0.4, -0.2) is 11.9 Å². The maximum atomic E-state index is 11.5. The molecule has 0 aliphatic carbocycles. The second-order valence-electron chi connectivity index (χ2n) is 6.36. The topological polar surface area (TPSA) is 43.4 Å². The molecule has 5 heteroatoms. The van der Waals surface area contributed by atoms with Crippen molar-refractivity contribution < 1.29 is 48.5 Å². The van der Waals surface area contributed by atoms with Crippen LogP contribution >= 0.6 is 0 Å². The molecule has 0 fully saturated rings. The Balaban J connectivity index is 0.000000615. The molecule has 0 saturated carbocycles. The molecule has 0 atom stereocenters. The van der Waals surface area contributed by atoms with Crippen molar-refractivity contribution in [2.75, 3.05) is 0 Å². The van der Waals surface area contributed by atoms with Crippen molar-refractivity contribution in [1.82, 2.24) is 0 Å². The Hall–Kier alpha value is -2.42. The zero-order valence-electron chi connectivity index (χ0n) is 17.2. The molecule has 0 spiro atoms. The van der Waals surface area contributed by atoms with Gasteiger partial charge in [0.25, 0.3) is 0 Å². The summed E-state index contributed by atoms with van der Waals surface area (Å²) in [4.78, 5) is 22.9. The van der Waals surface area contributed by atoms with Gasteiger partial charge in [0.15, 0.2) is 0 Å². The third-order valence-electron chi connectivity index (χ3n) is 4.04. The van der Waals surface area contributed by atoms with Gasteiger partial charge in [-0.15, -0.1) is 0 Å². The smallest absolute Gasteiger partial charge is 0.393 e. The quantitative estimate of drug-likeness (QED) is 0.151. The number of aryl methyl sites for hydroxylation is 2. The van der Waals surface area contributed by atoms with E-state index in [1.165, 1.54) is 0 Å². The van der Waals surface area contributed by atoms with Crippen LogP contribution < -0.4 is 0 Å². The van der Waals surface area contributed by atoms with E-state index < -0.39 is 11.9 Å². The first-order valence-corrected chi connectivity index (χ1v) is 9.72. The van der Waals surface area contributed by atoms with Crippen LogP contribution in [0.2, 0.25) is 0 Å². The standard InChI is InChI=1S/C16H16O3.2C5H5.2Fe/c17-15(11-9-13-5-1-2-6-13)19-16(18)12-10-14-7-3-4-8-14;2*1-2-4-5-3-1;;/h1-8H,9-12H2;2*1-5H;;/q-2;2*-1;2*+2. The fraction of sp³-hybridized carbons (Fsp3) is 0.154. The van der Waals surface area contributed by atoms with Crippen LogP contribution in [0.5, 0.6) is 0 Å². The first-order chi connectivity index (χ1) is 14.2. The monoisotopic (exact) mass is 498 g/mol. The predicted octanol–water partition coefficient (Wildman–Crippen LogP) is 5.57. The molecule has 0 saturated heterocycles. The van der Waals surface area contributed by atoms with E-state index in [0.717, 1.165) is 11.1 Å². The van der Waals surface area contributed by atoms with Gasteiger partial charge in [-0.1, -0.05) is 12.8 Å². The van der Waals surface area contributed by atoms with E-state index in [1.807, 2.05) is 109 Å². The third-order valence-corrected chi connectivity index (χ3v) is 4.04. The first-order valence-electron chi connectivity index (χ1n) is 9.72.